The Hall–Kier alpha value is -2.36. The number of carbonyl (C=O) groups excluding carboxylic acids is 1. The van der Waals surface area contributed by atoms with Crippen LogP contribution in [-0.4, -0.2) is 11.0 Å². The number of amides is 1. The number of phenols is 1. The van der Waals surface area contributed by atoms with Crippen LogP contribution >= 0.6 is 0 Å². The van der Waals surface area contributed by atoms with Crippen LogP contribution in [0.3, 0.4) is 0 Å². The molecular weight excluding hydrogens is 233 g/mol. The lowest BCUT2D eigenvalue weighted by Crippen LogP contribution is -2.05. The number of hydrogen-bond donors (Lipinski definition) is 2. The topological polar surface area (TPSA) is 49.3 Å². The zero-order chi connectivity index (χ0) is 13.1. The smallest absolute Gasteiger partial charge is 0.221 e. The predicted molar refractivity (Wildman–Crippen MR) is 67.8 cm³/mol. The Morgan fingerprint density at radius 1 is 1.17 bits per heavy atom. The summed E-state index contributed by atoms with van der Waals surface area (Å²) in [5, 5.41) is 11.8. The van der Waals surface area contributed by atoms with Crippen molar-refractivity contribution in [2.45, 2.75) is 6.92 Å². The second-order valence-electron chi connectivity index (χ2n) is 3.93. The SMILES string of the molecule is CC(=O)Nc1cccc(-c2ccc(O)c(F)c2)c1. The Balaban J connectivity index is 2.38. The van der Waals surface area contributed by atoms with Gasteiger partial charge < -0.3 is 10.4 Å². The molecule has 0 unspecified atom stereocenters. The third kappa shape index (κ3) is 2.66. The van der Waals surface area contributed by atoms with E-state index in [1.807, 2.05) is 0 Å². The third-order valence-corrected chi connectivity index (χ3v) is 2.46. The third-order valence-electron chi connectivity index (χ3n) is 2.46. The van der Waals surface area contributed by atoms with Crippen LogP contribution in [0.15, 0.2) is 42.5 Å². The van der Waals surface area contributed by atoms with Crippen LogP contribution in [0.5, 0.6) is 5.75 Å². The molecule has 1 amide bonds. The molecule has 0 fully saturated rings. The van der Waals surface area contributed by atoms with E-state index in [2.05, 4.69) is 5.32 Å². The largest absolute Gasteiger partial charge is 0.505 e. The fourth-order valence-corrected chi connectivity index (χ4v) is 1.67. The van der Waals surface area contributed by atoms with Gasteiger partial charge in [-0.3, -0.25) is 4.79 Å². The van der Waals surface area contributed by atoms with Crippen LogP contribution in [0.1, 0.15) is 6.92 Å². The summed E-state index contributed by atoms with van der Waals surface area (Å²) in [7, 11) is 0. The molecule has 0 aliphatic heterocycles. The van der Waals surface area contributed by atoms with Crippen molar-refractivity contribution < 1.29 is 14.3 Å². The van der Waals surface area contributed by atoms with Crippen LogP contribution in [0, 0.1) is 5.82 Å². The van der Waals surface area contributed by atoms with Crippen LogP contribution in [0.25, 0.3) is 11.1 Å². The van der Waals surface area contributed by atoms with Crippen LogP contribution in [0.4, 0.5) is 10.1 Å². The molecule has 2 N–H and O–H groups in total. The number of hydrogen-bond acceptors (Lipinski definition) is 2. The van der Waals surface area contributed by atoms with Gasteiger partial charge in [0.2, 0.25) is 5.91 Å². The first-order valence-electron chi connectivity index (χ1n) is 5.43. The highest BCUT2D eigenvalue weighted by Crippen LogP contribution is 2.26. The number of aromatic hydroxyl groups is 1. The molecule has 0 radical (unpaired) electrons. The van der Waals surface area contributed by atoms with Gasteiger partial charge in [-0.05, 0) is 35.4 Å². The van der Waals surface area contributed by atoms with Gasteiger partial charge in [0, 0.05) is 12.6 Å². The van der Waals surface area contributed by atoms with Crippen LogP contribution in [0.2, 0.25) is 0 Å². The van der Waals surface area contributed by atoms with Crippen molar-refractivity contribution in [2.24, 2.45) is 0 Å². The first-order chi connectivity index (χ1) is 8.56. The van der Waals surface area contributed by atoms with Gasteiger partial charge in [0.15, 0.2) is 11.6 Å². The normalized spacial score (nSPS) is 10.1. The molecule has 2 rings (SSSR count). The quantitative estimate of drug-likeness (QED) is 0.853. The highest BCUT2D eigenvalue weighted by molar-refractivity contribution is 5.89. The highest BCUT2D eigenvalue weighted by Gasteiger charge is 2.04. The van der Waals surface area contributed by atoms with Crippen molar-refractivity contribution >= 4 is 11.6 Å². The van der Waals surface area contributed by atoms with Crippen molar-refractivity contribution in [1.82, 2.24) is 0 Å². The summed E-state index contributed by atoms with van der Waals surface area (Å²) in [6.45, 7) is 1.42. The van der Waals surface area contributed by atoms with Crippen molar-refractivity contribution in [2.75, 3.05) is 5.32 Å². The maximum absolute atomic E-state index is 13.3. The molecule has 0 heterocycles. The number of nitrogens with one attached hydrogen (secondary N) is 1. The molecule has 0 atom stereocenters. The second-order valence-corrected chi connectivity index (χ2v) is 3.93. The first kappa shape index (κ1) is 12.1. The van der Waals surface area contributed by atoms with E-state index in [0.29, 0.717) is 11.3 Å². The molecule has 92 valence electrons. The Labute approximate surface area is 104 Å². The van der Waals surface area contributed by atoms with E-state index in [0.717, 1.165) is 5.56 Å². The van der Waals surface area contributed by atoms with Crippen molar-refractivity contribution in [3.8, 4) is 16.9 Å². The number of halogens is 1. The van der Waals surface area contributed by atoms with Crippen molar-refractivity contribution in [1.29, 1.82) is 0 Å². The molecule has 0 bridgehead atoms. The van der Waals surface area contributed by atoms with E-state index in [1.54, 1.807) is 30.3 Å². The molecule has 0 aliphatic rings. The average Bonchev–Trinajstić information content (AvgIpc) is 2.32. The molecule has 0 spiro atoms. The minimum absolute atomic E-state index is 0.163. The average molecular weight is 245 g/mol. The van der Waals surface area contributed by atoms with E-state index >= 15 is 0 Å². The molecule has 0 saturated heterocycles. The lowest BCUT2D eigenvalue weighted by Gasteiger charge is -2.06. The van der Waals surface area contributed by atoms with Crippen LogP contribution in [-0.2, 0) is 4.79 Å². The fourth-order valence-electron chi connectivity index (χ4n) is 1.67. The van der Waals surface area contributed by atoms with Gasteiger partial charge in [-0.15, -0.1) is 0 Å². The molecule has 2 aromatic carbocycles. The van der Waals surface area contributed by atoms with Crippen LogP contribution < -0.4 is 5.32 Å². The van der Waals surface area contributed by atoms with Crippen molar-refractivity contribution in [3.63, 3.8) is 0 Å². The Kier molecular flexibility index (Phi) is 3.28. The molecule has 18 heavy (non-hydrogen) atoms. The highest BCUT2D eigenvalue weighted by atomic mass is 19.1. The number of rotatable bonds is 2. The minimum Gasteiger partial charge on any atom is -0.505 e. The summed E-state index contributed by atoms with van der Waals surface area (Å²) in [6, 6.07) is 11.2. The van der Waals surface area contributed by atoms with E-state index < -0.39 is 5.82 Å². The lowest BCUT2D eigenvalue weighted by atomic mass is 10.0. The van der Waals surface area contributed by atoms with Gasteiger partial charge in [0.25, 0.3) is 0 Å². The molecule has 4 heteroatoms. The second kappa shape index (κ2) is 4.87. The summed E-state index contributed by atoms with van der Waals surface area (Å²) in [5.74, 6) is -1.21. The summed E-state index contributed by atoms with van der Waals surface area (Å²) < 4.78 is 13.3. The zero-order valence-electron chi connectivity index (χ0n) is 9.77. The maximum Gasteiger partial charge on any atom is 0.221 e. The van der Waals surface area contributed by atoms with Gasteiger partial charge in [-0.2, -0.15) is 0 Å². The molecular formula is C14H12FNO2. The molecule has 0 aliphatic carbocycles. The minimum atomic E-state index is -0.669. The summed E-state index contributed by atoms with van der Waals surface area (Å²) in [5.41, 5.74) is 2.05. The standard InChI is InChI=1S/C14H12FNO2/c1-9(17)16-12-4-2-3-10(7-12)11-5-6-14(18)13(15)8-11/h2-8,18H,1H3,(H,16,17). The summed E-state index contributed by atoms with van der Waals surface area (Å²) in [6.07, 6.45) is 0. The molecule has 0 saturated carbocycles. The maximum atomic E-state index is 13.3. The van der Waals surface area contributed by atoms with E-state index in [4.69, 9.17) is 5.11 Å². The van der Waals surface area contributed by atoms with Gasteiger partial charge in [0.05, 0.1) is 0 Å². The fraction of sp³-hybridized carbons (Fsp3) is 0.0714. The Morgan fingerprint density at radius 2 is 1.89 bits per heavy atom. The number of anilines is 1. The van der Waals surface area contributed by atoms with Gasteiger partial charge in [0.1, 0.15) is 0 Å². The lowest BCUT2D eigenvalue weighted by molar-refractivity contribution is -0.114. The monoisotopic (exact) mass is 245 g/mol. The number of benzene rings is 2. The first-order valence-corrected chi connectivity index (χ1v) is 5.43. The van der Waals surface area contributed by atoms with E-state index in [9.17, 15) is 9.18 Å². The molecule has 3 nitrogen and oxygen atoms in total. The van der Waals surface area contributed by atoms with E-state index in [-0.39, 0.29) is 11.7 Å². The zero-order valence-corrected chi connectivity index (χ0v) is 9.77. The van der Waals surface area contributed by atoms with Gasteiger partial charge in [-0.25, -0.2) is 4.39 Å². The van der Waals surface area contributed by atoms with Gasteiger partial charge in [-0.1, -0.05) is 18.2 Å². The summed E-state index contributed by atoms with van der Waals surface area (Å²) in [4.78, 5) is 11.0. The number of phenolic OH excluding ortho intramolecular Hbond substituents is 1. The van der Waals surface area contributed by atoms with Gasteiger partial charge >= 0.3 is 0 Å². The Morgan fingerprint density at radius 3 is 2.56 bits per heavy atom. The summed E-state index contributed by atoms with van der Waals surface area (Å²) >= 11 is 0. The number of carbonyl (C=O) groups is 1. The predicted octanol–water partition coefficient (Wildman–Crippen LogP) is 3.16. The Bertz CT molecular complexity index is 596. The van der Waals surface area contributed by atoms with E-state index in [1.165, 1.54) is 19.1 Å². The molecule has 2 aromatic rings. The van der Waals surface area contributed by atoms with Crippen molar-refractivity contribution in [3.05, 3.63) is 48.3 Å². The molecule has 0 aromatic heterocycles.